The molecule has 5 nitrogen and oxygen atoms in total. The highest BCUT2D eigenvalue weighted by Gasteiger charge is 2.23. The van der Waals surface area contributed by atoms with Crippen molar-refractivity contribution in [2.45, 2.75) is 6.10 Å². The summed E-state index contributed by atoms with van der Waals surface area (Å²) in [5, 5.41) is 3.09. The number of carbonyl (C=O) groups excluding carboxylic acids is 1. The largest absolute Gasteiger partial charge is 0.389 e. The third kappa shape index (κ3) is 3.63. The molecule has 1 aromatic rings. The molecule has 1 fully saturated rings. The van der Waals surface area contributed by atoms with Gasteiger partial charge in [0.25, 0.3) is 5.91 Å². The molecule has 0 spiro atoms. The summed E-state index contributed by atoms with van der Waals surface area (Å²) in [5.74, 6) is -0.304. The molecule has 0 aliphatic carbocycles. The van der Waals surface area contributed by atoms with Gasteiger partial charge in [-0.1, -0.05) is 29.9 Å². The van der Waals surface area contributed by atoms with Gasteiger partial charge in [-0.05, 0) is 12.1 Å². The van der Waals surface area contributed by atoms with Gasteiger partial charge in [-0.15, -0.1) is 0 Å². The highest BCUT2D eigenvalue weighted by molar-refractivity contribution is 7.80. The van der Waals surface area contributed by atoms with E-state index < -0.39 is 6.10 Å². The summed E-state index contributed by atoms with van der Waals surface area (Å²) < 4.78 is 10.5. The lowest BCUT2D eigenvalue weighted by molar-refractivity contribution is -0.142. The van der Waals surface area contributed by atoms with Crippen molar-refractivity contribution in [2.24, 2.45) is 5.73 Å². The molecule has 1 atom stereocenters. The summed E-state index contributed by atoms with van der Waals surface area (Å²) in [4.78, 5) is 12.2. The molecule has 3 N–H and O–H groups in total. The Labute approximate surface area is 121 Å². The zero-order chi connectivity index (χ0) is 13.8. The minimum Gasteiger partial charge on any atom is -0.389 e. The standard InChI is InChI=1S/C12H13ClN2O3S/c13-8-2-1-7(11(14)19)5-9(8)15-12(16)10-6-17-3-4-18-10/h1-2,5,10H,3-4,6H2,(H2,14,19)(H,15,16). The van der Waals surface area contributed by atoms with Crippen LogP contribution in [-0.4, -0.2) is 36.8 Å². The van der Waals surface area contributed by atoms with Gasteiger partial charge < -0.3 is 20.5 Å². The lowest BCUT2D eigenvalue weighted by Gasteiger charge is -2.22. The van der Waals surface area contributed by atoms with Gasteiger partial charge >= 0.3 is 0 Å². The van der Waals surface area contributed by atoms with Gasteiger partial charge in [-0.2, -0.15) is 0 Å². The third-order valence-electron chi connectivity index (χ3n) is 2.62. The first kappa shape index (κ1) is 14.2. The van der Waals surface area contributed by atoms with Crippen LogP contribution >= 0.6 is 23.8 Å². The zero-order valence-corrected chi connectivity index (χ0v) is 11.6. The van der Waals surface area contributed by atoms with Crippen LogP contribution in [-0.2, 0) is 14.3 Å². The van der Waals surface area contributed by atoms with Crippen LogP contribution in [0, 0.1) is 0 Å². The molecule has 1 aliphatic rings. The van der Waals surface area contributed by atoms with Gasteiger partial charge in [0.1, 0.15) is 4.99 Å². The van der Waals surface area contributed by atoms with Crippen LogP contribution < -0.4 is 11.1 Å². The molecule has 19 heavy (non-hydrogen) atoms. The number of amides is 1. The van der Waals surface area contributed by atoms with Gasteiger partial charge in [0.05, 0.1) is 30.5 Å². The van der Waals surface area contributed by atoms with E-state index in [0.29, 0.717) is 29.5 Å². The number of ether oxygens (including phenoxy) is 2. The number of hydrogen-bond acceptors (Lipinski definition) is 4. The van der Waals surface area contributed by atoms with Crippen molar-refractivity contribution in [3.63, 3.8) is 0 Å². The van der Waals surface area contributed by atoms with Crippen molar-refractivity contribution in [3.05, 3.63) is 28.8 Å². The molecule has 1 aliphatic heterocycles. The van der Waals surface area contributed by atoms with Crippen molar-refractivity contribution in [1.29, 1.82) is 0 Å². The molecule has 7 heteroatoms. The Kier molecular flexibility index (Phi) is 4.71. The van der Waals surface area contributed by atoms with Gasteiger partial charge in [-0.25, -0.2) is 0 Å². The molecule has 1 unspecified atom stereocenters. The van der Waals surface area contributed by atoms with Crippen molar-refractivity contribution in [3.8, 4) is 0 Å². The topological polar surface area (TPSA) is 73.6 Å². The quantitative estimate of drug-likeness (QED) is 0.824. The molecule has 1 heterocycles. The minimum atomic E-state index is -0.627. The molecule has 0 bridgehead atoms. The number of hydrogen-bond donors (Lipinski definition) is 2. The Hall–Kier alpha value is -1.21. The average Bonchev–Trinajstić information content (AvgIpc) is 2.42. The van der Waals surface area contributed by atoms with E-state index in [9.17, 15) is 4.79 Å². The first-order valence-electron chi connectivity index (χ1n) is 5.67. The Morgan fingerprint density at radius 3 is 2.89 bits per heavy atom. The first-order chi connectivity index (χ1) is 9.08. The second-order valence-electron chi connectivity index (χ2n) is 3.98. The molecular formula is C12H13ClN2O3S. The number of halogens is 1. The molecule has 1 amide bonds. The highest BCUT2D eigenvalue weighted by Crippen LogP contribution is 2.23. The van der Waals surface area contributed by atoms with Gasteiger partial charge in [-0.3, -0.25) is 4.79 Å². The summed E-state index contributed by atoms with van der Waals surface area (Å²) in [6.07, 6.45) is -0.627. The van der Waals surface area contributed by atoms with Crippen molar-refractivity contribution < 1.29 is 14.3 Å². The Morgan fingerprint density at radius 1 is 1.47 bits per heavy atom. The Morgan fingerprint density at radius 2 is 2.26 bits per heavy atom. The lowest BCUT2D eigenvalue weighted by Crippen LogP contribution is -2.39. The molecule has 0 aromatic heterocycles. The Balaban J connectivity index is 2.11. The van der Waals surface area contributed by atoms with Gasteiger partial charge in [0, 0.05) is 5.56 Å². The van der Waals surface area contributed by atoms with Crippen LogP contribution in [0.15, 0.2) is 18.2 Å². The van der Waals surface area contributed by atoms with E-state index in [4.69, 9.17) is 39.0 Å². The molecule has 0 radical (unpaired) electrons. The number of benzene rings is 1. The number of nitrogens with one attached hydrogen (secondary N) is 1. The summed E-state index contributed by atoms with van der Waals surface area (Å²) >= 11 is 10.9. The van der Waals surface area contributed by atoms with Crippen LogP contribution in [0.4, 0.5) is 5.69 Å². The summed E-state index contributed by atoms with van der Waals surface area (Å²) in [5.41, 5.74) is 6.62. The van der Waals surface area contributed by atoms with E-state index in [1.807, 2.05) is 0 Å². The van der Waals surface area contributed by atoms with E-state index >= 15 is 0 Å². The predicted octanol–water partition coefficient (Wildman–Crippen LogP) is 1.33. The van der Waals surface area contributed by atoms with Crippen LogP contribution in [0.25, 0.3) is 0 Å². The molecule has 2 rings (SSSR count). The molecule has 1 aromatic carbocycles. The predicted molar refractivity (Wildman–Crippen MR) is 76.5 cm³/mol. The molecule has 0 saturated carbocycles. The fourth-order valence-electron chi connectivity index (χ4n) is 1.63. The fourth-order valence-corrected chi connectivity index (χ4v) is 1.92. The van der Waals surface area contributed by atoms with Gasteiger partial charge in [0.2, 0.25) is 0 Å². The monoisotopic (exact) mass is 300 g/mol. The van der Waals surface area contributed by atoms with Crippen LogP contribution in [0.5, 0.6) is 0 Å². The smallest absolute Gasteiger partial charge is 0.255 e. The molecule has 1 saturated heterocycles. The van der Waals surface area contributed by atoms with Crippen LogP contribution in [0.3, 0.4) is 0 Å². The van der Waals surface area contributed by atoms with Crippen molar-refractivity contribution in [1.82, 2.24) is 0 Å². The van der Waals surface area contributed by atoms with Gasteiger partial charge in [0.15, 0.2) is 6.10 Å². The van der Waals surface area contributed by atoms with E-state index in [1.54, 1.807) is 18.2 Å². The SMILES string of the molecule is NC(=S)c1ccc(Cl)c(NC(=O)C2COCCO2)c1. The van der Waals surface area contributed by atoms with E-state index in [-0.39, 0.29) is 17.5 Å². The average molecular weight is 301 g/mol. The van der Waals surface area contributed by atoms with E-state index in [2.05, 4.69) is 5.32 Å². The normalized spacial score (nSPS) is 18.9. The van der Waals surface area contributed by atoms with Crippen molar-refractivity contribution in [2.75, 3.05) is 25.1 Å². The minimum absolute atomic E-state index is 0.235. The third-order valence-corrected chi connectivity index (χ3v) is 3.18. The maximum atomic E-state index is 12.0. The lowest BCUT2D eigenvalue weighted by atomic mass is 10.2. The fraction of sp³-hybridized carbons (Fsp3) is 0.333. The summed E-state index contributed by atoms with van der Waals surface area (Å²) in [6.45, 7) is 1.14. The van der Waals surface area contributed by atoms with Crippen molar-refractivity contribution >= 4 is 40.4 Å². The Bertz CT molecular complexity index is 504. The molecule has 102 valence electrons. The second kappa shape index (κ2) is 6.29. The number of nitrogens with two attached hydrogens (primary N) is 1. The first-order valence-corrected chi connectivity index (χ1v) is 6.46. The van der Waals surface area contributed by atoms with E-state index in [1.165, 1.54) is 0 Å². The second-order valence-corrected chi connectivity index (χ2v) is 4.83. The number of rotatable bonds is 3. The van der Waals surface area contributed by atoms with Crippen LogP contribution in [0.2, 0.25) is 5.02 Å². The summed E-state index contributed by atoms with van der Waals surface area (Å²) in [7, 11) is 0. The van der Waals surface area contributed by atoms with E-state index in [0.717, 1.165) is 0 Å². The van der Waals surface area contributed by atoms with Crippen LogP contribution in [0.1, 0.15) is 5.56 Å². The number of carbonyl (C=O) groups is 1. The number of thiocarbonyl (C=S) groups is 1. The molecular weight excluding hydrogens is 288 g/mol. The maximum Gasteiger partial charge on any atom is 0.255 e. The number of anilines is 1. The zero-order valence-electron chi connectivity index (χ0n) is 10.0. The summed E-state index contributed by atoms with van der Waals surface area (Å²) in [6, 6.07) is 4.96. The maximum absolute atomic E-state index is 12.0. The highest BCUT2D eigenvalue weighted by atomic mass is 35.5.